The number of hydrogen-bond acceptors (Lipinski definition) is 4. The van der Waals surface area contributed by atoms with Crippen LogP contribution in [0.3, 0.4) is 0 Å². The molecular formula is C18H12ClN3S. The maximum Gasteiger partial charge on any atom is 0.124 e. The monoisotopic (exact) mass is 337 g/mol. The number of nitrogens with zero attached hydrogens (tertiary/aromatic N) is 3. The molecule has 0 unspecified atom stereocenters. The van der Waals surface area contributed by atoms with Gasteiger partial charge in [0.2, 0.25) is 0 Å². The molecule has 1 atom stereocenters. The van der Waals surface area contributed by atoms with Gasteiger partial charge in [-0.3, -0.25) is 0 Å². The van der Waals surface area contributed by atoms with E-state index in [0.717, 1.165) is 15.5 Å². The fraction of sp³-hybridized carbons (Fsp3) is 0.0556. The Balaban J connectivity index is 1.79. The number of benzene rings is 2. The van der Waals surface area contributed by atoms with E-state index in [1.54, 1.807) is 0 Å². The molecular weight excluding hydrogens is 326 g/mol. The minimum Gasteiger partial charge on any atom is -0.197 e. The van der Waals surface area contributed by atoms with Gasteiger partial charge in [0.15, 0.2) is 0 Å². The van der Waals surface area contributed by atoms with E-state index in [-0.39, 0.29) is 0 Å². The van der Waals surface area contributed by atoms with Crippen LogP contribution < -0.4 is 0 Å². The number of hydrogen-bond donors (Lipinski definition) is 0. The van der Waals surface area contributed by atoms with E-state index in [0.29, 0.717) is 10.7 Å². The Morgan fingerprint density at radius 2 is 1.65 bits per heavy atom. The van der Waals surface area contributed by atoms with Crippen molar-refractivity contribution < 1.29 is 0 Å². The van der Waals surface area contributed by atoms with E-state index in [2.05, 4.69) is 16.3 Å². The molecule has 0 aliphatic carbocycles. The first-order valence-corrected chi connectivity index (χ1v) is 8.17. The van der Waals surface area contributed by atoms with Crippen molar-refractivity contribution in [1.29, 1.82) is 5.26 Å². The Morgan fingerprint density at radius 1 is 0.913 bits per heavy atom. The van der Waals surface area contributed by atoms with E-state index in [9.17, 15) is 5.26 Å². The predicted molar refractivity (Wildman–Crippen MR) is 91.5 cm³/mol. The highest BCUT2D eigenvalue weighted by molar-refractivity contribution is 7.99. The van der Waals surface area contributed by atoms with E-state index < -0.39 is 5.92 Å². The van der Waals surface area contributed by atoms with Crippen molar-refractivity contribution in [2.45, 2.75) is 15.8 Å². The van der Waals surface area contributed by atoms with E-state index in [1.807, 2.05) is 66.7 Å². The Bertz CT molecular complexity index is 812. The summed E-state index contributed by atoms with van der Waals surface area (Å²) < 4.78 is 0. The molecule has 23 heavy (non-hydrogen) atoms. The largest absolute Gasteiger partial charge is 0.197 e. The van der Waals surface area contributed by atoms with Crippen LogP contribution >= 0.6 is 23.4 Å². The van der Waals surface area contributed by atoms with Gasteiger partial charge in [0.1, 0.15) is 10.9 Å². The van der Waals surface area contributed by atoms with Crippen molar-refractivity contribution in [2.75, 3.05) is 0 Å². The summed E-state index contributed by atoms with van der Waals surface area (Å²) in [5, 5.41) is 19.4. The molecule has 0 amide bonds. The Labute approximate surface area is 144 Å². The summed E-state index contributed by atoms with van der Waals surface area (Å²) in [4.78, 5) is 1.04. The second kappa shape index (κ2) is 7.28. The molecule has 0 radical (unpaired) electrons. The lowest BCUT2D eigenvalue weighted by Crippen LogP contribution is -2.02. The first kappa shape index (κ1) is 15.5. The molecule has 0 N–H and O–H groups in total. The van der Waals surface area contributed by atoms with Crippen molar-refractivity contribution in [3.05, 3.63) is 83.0 Å². The maximum atomic E-state index is 9.43. The lowest BCUT2D eigenvalue weighted by Gasteiger charge is -2.08. The van der Waals surface area contributed by atoms with Crippen molar-refractivity contribution in [3.63, 3.8) is 0 Å². The Hall–Kier alpha value is -2.35. The lowest BCUT2D eigenvalue weighted by molar-refractivity contribution is 0.837. The highest BCUT2D eigenvalue weighted by Crippen LogP contribution is 2.28. The van der Waals surface area contributed by atoms with Gasteiger partial charge in [-0.25, -0.2) is 0 Å². The molecule has 0 saturated carbocycles. The van der Waals surface area contributed by atoms with Gasteiger partial charge >= 0.3 is 0 Å². The summed E-state index contributed by atoms with van der Waals surface area (Å²) in [6.07, 6.45) is 0. The van der Waals surface area contributed by atoms with E-state index >= 15 is 0 Å². The van der Waals surface area contributed by atoms with Gasteiger partial charge < -0.3 is 0 Å². The Morgan fingerprint density at radius 3 is 2.26 bits per heavy atom. The summed E-state index contributed by atoms with van der Waals surface area (Å²) in [7, 11) is 0. The van der Waals surface area contributed by atoms with Crippen LogP contribution in [0.5, 0.6) is 0 Å². The third-order valence-corrected chi connectivity index (χ3v) is 4.44. The standard InChI is InChI=1S/C18H12ClN3S/c19-14-6-8-15(9-7-14)23-18-11-10-17(21-22-18)16(12-20)13-4-2-1-3-5-13/h1-11,16H/t16-/m1/s1. The van der Waals surface area contributed by atoms with Crippen molar-refractivity contribution in [2.24, 2.45) is 0 Å². The minimum atomic E-state index is -0.404. The van der Waals surface area contributed by atoms with Crippen LogP contribution in [-0.2, 0) is 0 Å². The molecule has 0 bridgehead atoms. The third-order valence-electron chi connectivity index (χ3n) is 3.25. The zero-order chi connectivity index (χ0) is 16.1. The molecule has 3 rings (SSSR count). The summed E-state index contributed by atoms with van der Waals surface area (Å²) in [5.41, 5.74) is 1.57. The second-order valence-corrected chi connectivity index (χ2v) is 6.36. The van der Waals surface area contributed by atoms with Crippen LogP contribution in [-0.4, -0.2) is 10.2 Å². The van der Waals surface area contributed by atoms with Crippen LogP contribution in [0.25, 0.3) is 0 Å². The Kier molecular flexibility index (Phi) is 4.92. The van der Waals surface area contributed by atoms with Gasteiger partial charge in [-0.1, -0.05) is 53.7 Å². The summed E-state index contributed by atoms with van der Waals surface area (Å²) in [5.74, 6) is -0.404. The fourth-order valence-corrected chi connectivity index (χ4v) is 2.98. The van der Waals surface area contributed by atoms with Crippen molar-refractivity contribution >= 4 is 23.4 Å². The average molecular weight is 338 g/mol. The number of aromatic nitrogens is 2. The van der Waals surface area contributed by atoms with Gasteiger partial charge in [0.05, 0.1) is 11.8 Å². The van der Waals surface area contributed by atoms with Crippen LogP contribution in [0.1, 0.15) is 17.2 Å². The molecule has 1 aromatic heterocycles. The van der Waals surface area contributed by atoms with Gasteiger partial charge in [0.25, 0.3) is 0 Å². The second-order valence-electron chi connectivity index (χ2n) is 4.83. The molecule has 5 heteroatoms. The first-order chi connectivity index (χ1) is 11.3. The van der Waals surface area contributed by atoms with Gasteiger partial charge in [-0.15, -0.1) is 5.10 Å². The quantitative estimate of drug-likeness (QED) is 0.676. The summed E-state index contributed by atoms with van der Waals surface area (Å²) >= 11 is 7.38. The molecule has 0 saturated heterocycles. The van der Waals surface area contributed by atoms with Gasteiger partial charge in [-0.2, -0.15) is 10.4 Å². The highest BCUT2D eigenvalue weighted by atomic mass is 35.5. The van der Waals surface area contributed by atoms with E-state index in [1.165, 1.54) is 11.8 Å². The predicted octanol–water partition coefficient (Wildman–Crippen LogP) is 4.94. The van der Waals surface area contributed by atoms with Crippen LogP contribution in [0, 0.1) is 11.3 Å². The fourth-order valence-electron chi connectivity index (χ4n) is 2.12. The zero-order valence-electron chi connectivity index (χ0n) is 12.1. The minimum absolute atomic E-state index is 0.404. The SMILES string of the molecule is N#C[C@H](c1ccccc1)c1ccc(Sc2ccc(Cl)cc2)nn1. The smallest absolute Gasteiger partial charge is 0.124 e. The highest BCUT2D eigenvalue weighted by Gasteiger charge is 2.15. The first-order valence-electron chi connectivity index (χ1n) is 6.98. The molecule has 0 spiro atoms. The number of halogens is 1. The number of rotatable bonds is 4. The average Bonchev–Trinajstić information content (AvgIpc) is 2.60. The van der Waals surface area contributed by atoms with Crippen molar-refractivity contribution in [1.82, 2.24) is 10.2 Å². The third kappa shape index (κ3) is 3.89. The zero-order valence-corrected chi connectivity index (χ0v) is 13.6. The molecule has 3 nitrogen and oxygen atoms in total. The van der Waals surface area contributed by atoms with Crippen LogP contribution in [0.4, 0.5) is 0 Å². The maximum absolute atomic E-state index is 9.43. The molecule has 1 heterocycles. The molecule has 2 aromatic carbocycles. The molecule has 0 aliphatic rings. The topological polar surface area (TPSA) is 49.6 Å². The van der Waals surface area contributed by atoms with Crippen molar-refractivity contribution in [3.8, 4) is 6.07 Å². The molecule has 0 aliphatic heterocycles. The van der Waals surface area contributed by atoms with Crippen LogP contribution in [0.15, 0.2) is 76.7 Å². The molecule has 0 fully saturated rings. The lowest BCUT2D eigenvalue weighted by atomic mass is 9.97. The van der Waals surface area contributed by atoms with Gasteiger partial charge in [-0.05, 0) is 42.0 Å². The van der Waals surface area contributed by atoms with Crippen LogP contribution in [0.2, 0.25) is 5.02 Å². The summed E-state index contributed by atoms with van der Waals surface area (Å²) in [6, 6.07) is 23.2. The molecule has 3 aromatic rings. The van der Waals surface area contributed by atoms with E-state index in [4.69, 9.17) is 11.6 Å². The summed E-state index contributed by atoms with van der Waals surface area (Å²) in [6.45, 7) is 0. The molecule has 112 valence electrons. The normalized spacial score (nSPS) is 11.7. The van der Waals surface area contributed by atoms with Gasteiger partial charge in [0, 0.05) is 9.92 Å². The number of nitriles is 1.